The summed E-state index contributed by atoms with van der Waals surface area (Å²) in [7, 11) is 0. The molecular formula is C14H15F2N3S. The molecule has 6 heteroatoms. The van der Waals surface area contributed by atoms with Gasteiger partial charge < -0.3 is 5.32 Å². The summed E-state index contributed by atoms with van der Waals surface area (Å²) >= 11 is 1.33. The lowest BCUT2D eigenvalue weighted by molar-refractivity contribution is 0.511. The average molecular weight is 295 g/mol. The molecule has 0 unspecified atom stereocenters. The highest BCUT2D eigenvalue weighted by Gasteiger charge is 2.19. The second-order valence-corrected chi connectivity index (χ2v) is 6.00. The fourth-order valence-electron chi connectivity index (χ4n) is 1.97. The van der Waals surface area contributed by atoms with Crippen molar-refractivity contribution in [3.8, 4) is 10.6 Å². The van der Waals surface area contributed by atoms with Gasteiger partial charge in [0.05, 0.1) is 5.56 Å². The minimum absolute atomic E-state index is 0.185. The summed E-state index contributed by atoms with van der Waals surface area (Å²) in [6, 6.07) is 4.82. The van der Waals surface area contributed by atoms with Crippen molar-refractivity contribution in [1.82, 2.24) is 15.5 Å². The molecule has 0 bridgehead atoms. The quantitative estimate of drug-likeness (QED) is 0.832. The molecule has 0 radical (unpaired) electrons. The van der Waals surface area contributed by atoms with E-state index in [1.807, 2.05) is 0 Å². The van der Waals surface area contributed by atoms with Crippen molar-refractivity contribution in [2.75, 3.05) is 6.54 Å². The van der Waals surface area contributed by atoms with Gasteiger partial charge in [0.2, 0.25) is 0 Å². The van der Waals surface area contributed by atoms with Gasteiger partial charge in [0.15, 0.2) is 16.6 Å². The molecule has 0 spiro atoms. The van der Waals surface area contributed by atoms with Crippen LogP contribution in [0.25, 0.3) is 10.6 Å². The van der Waals surface area contributed by atoms with Crippen molar-refractivity contribution in [1.29, 1.82) is 0 Å². The van der Waals surface area contributed by atoms with Gasteiger partial charge in [-0.3, -0.25) is 0 Å². The molecule has 106 valence electrons. The van der Waals surface area contributed by atoms with Gasteiger partial charge in [-0.05, 0) is 37.9 Å². The number of hydrogen-bond acceptors (Lipinski definition) is 4. The monoisotopic (exact) mass is 295 g/mol. The van der Waals surface area contributed by atoms with Gasteiger partial charge in [0.25, 0.3) is 0 Å². The molecular weight excluding hydrogens is 280 g/mol. The Hall–Kier alpha value is -1.40. The van der Waals surface area contributed by atoms with E-state index in [4.69, 9.17) is 0 Å². The topological polar surface area (TPSA) is 37.8 Å². The van der Waals surface area contributed by atoms with Crippen LogP contribution in [0.5, 0.6) is 0 Å². The van der Waals surface area contributed by atoms with Crippen molar-refractivity contribution in [2.24, 2.45) is 0 Å². The van der Waals surface area contributed by atoms with Crippen molar-refractivity contribution >= 4 is 11.3 Å². The largest absolute Gasteiger partial charge is 0.314 e. The van der Waals surface area contributed by atoms with Crippen LogP contribution in [-0.4, -0.2) is 22.8 Å². The Morgan fingerprint density at radius 3 is 2.90 bits per heavy atom. The van der Waals surface area contributed by atoms with Gasteiger partial charge in [-0.1, -0.05) is 17.4 Å². The Labute approximate surface area is 120 Å². The van der Waals surface area contributed by atoms with Crippen LogP contribution >= 0.6 is 11.3 Å². The van der Waals surface area contributed by atoms with E-state index in [9.17, 15) is 8.78 Å². The van der Waals surface area contributed by atoms with Gasteiger partial charge in [-0.15, -0.1) is 10.2 Å². The smallest absolute Gasteiger partial charge is 0.169 e. The first-order valence-corrected chi connectivity index (χ1v) is 7.56. The third-order valence-corrected chi connectivity index (χ3v) is 4.24. The van der Waals surface area contributed by atoms with Crippen LogP contribution in [0.2, 0.25) is 0 Å². The highest BCUT2D eigenvalue weighted by Crippen LogP contribution is 2.27. The maximum absolute atomic E-state index is 13.7. The van der Waals surface area contributed by atoms with Crippen LogP contribution < -0.4 is 5.32 Å². The molecule has 1 aromatic carbocycles. The molecule has 1 aromatic heterocycles. The van der Waals surface area contributed by atoms with E-state index in [2.05, 4.69) is 15.5 Å². The zero-order valence-corrected chi connectivity index (χ0v) is 11.7. The Bertz CT molecular complexity index is 596. The molecule has 2 aromatic rings. The molecule has 0 atom stereocenters. The van der Waals surface area contributed by atoms with E-state index in [-0.39, 0.29) is 5.56 Å². The molecule has 1 heterocycles. The molecule has 3 rings (SSSR count). The van der Waals surface area contributed by atoms with Crippen molar-refractivity contribution in [3.63, 3.8) is 0 Å². The van der Waals surface area contributed by atoms with Crippen LogP contribution in [0.3, 0.4) is 0 Å². The van der Waals surface area contributed by atoms with Crippen LogP contribution in [-0.2, 0) is 6.42 Å². The molecule has 1 saturated carbocycles. The summed E-state index contributed by atoms with van der Waals surface area (Å²) in [5.41, 5.74) is 0.185. The zero-order valence-electron chi connectivity index (χ0n) is 10.9. The molecule has 0 aliphatic heterocycles. The minimum Gasteiger partial charge on any atom is -0.314 e. The number of nitrogens with zero attached hydrogens (tertiary/aromatic N) is 2. The molecule has 20 heavy (non-hydrogen) atoms. The van der Waals surface area contributed by atoms with E-state index in [0.29, 0.717) is 11.0 Å². The Balaban J connectivity index is 1.62. The summed E-state index contributed by atoms with van der Waals surface area (Å²) in [4.78, 5) is 0. The first-order valence-electron chi connectivity index (χ1n) is 6.74. The lowest BCUT2D eigenvalue weighted by Crippen LogP contribution is -2.17. The van der Waals surface area contributed by atoms with Crippen molar-refractivity contribution in [3.05, 3.63) is 34.8 Å². The SMILES string of the molecule is Fc1cccc(-c2nnc(CCCNC3CC3)s2)c1F. The van der Waals surface area contributed by atoms with E-state index in [1.54, 1.807) is 0 Å². The van der Waals surface area contributed by atoms with Gasteiger partial charge in [-0.2, -0.15) is 0 Å². The number of rotatable bonds is 6. The molecule has 1 aliphatic carbocycles. The maximum Gasteiger partial charge on any atom is 0.169 e. The molecule has 0 saturated heterocycles. The summed E-state index contributed by atoms with van der Waals surface area (Å²) in [5, 5.41) is 12.7. The predicted octanol–water partition coefficient (Wildman–Crippen LogP) is 3.17. The lowest BCUT2D eigenvalue weighted by atomic mass is 10.2. The molecule has 1 fully saturated rings. The number of halogens is 2. The number of aromatic nitrogens is 2. The summed E-state index contributed by atoms with van der Waals surface area (Å²) < 4.78 is 26.8. The fraction of sp³-hybridized carbons (Fsp3) is 0.429. The number of aryl methyl sites for hydroxylation is 1. The van der Waals surface area contributed by atoms with E-state index < -0.39 is 11.6 Å². The third-order valence-electron chi connectivity index (χ3n) is 3.23. The van der Waals surface area contributed by atoms with Crippen LogP contribution in [0.4, 0.5) is 8.78 Å². The Kier molecular flexibility index (Phi) is 4.03. The Morgan fingerprint density at radius 1 is 1.25 bits per heavy atom. The van der Waals surface area contributed by atoms with Crippen molar-refractivity contribution < 1.29 is 8.78 Å². The molecule has 3 nitrogen and oxygen atoms in total. The first kappa shape index (κ1) is 13.6. The van der Waals surface area contributed by atoms with Crippen molar-refractivity contribution in [2.45, 2.75) is 31.7 Å². The standard InChI is InChI=1S/C14H15F2N3S/c15-11-4-1-3-10(13(11)16)14-19-18-12(20-14)5-2-8-17-9-6-7-9/h1,3-4,9,17H,2,5-8H2. The van der Waals surface area contributed by atoms with Crippen LogP contribution in [0.15, 0.2) is 18.2 Å². The highest BCUT2D eigenvalue weighted by atomic mass is 32.1. The predicted molar refractivity (Wildman–Crippen MR) is 74.6 cm³/mol. The fourth-order valence-corrected chi connectivity index (χ4v) is 2.87. The van der Waals surface area contributed by atoms with Gasteiger partial charge in [0, 0.05) is 12.5 Å². The van der Waals surface area contributed by atoms with Crippen LogP contribution in [0, 0.1) is 11.6 Å². The molecule has 1 aliphatic rings. The van der Waals surface area contributed by atoms with E-state index in [1.165, 1.54) is 36.3 Å². The summed E-state index contributed by atoms with van der Waals surface area (Å²) in [6.07, 6.45) is 4.36. The molecule has 0 amide bonds. The normalized spacial score (nSPS) is 14.7. The highest BCUT2D eigenvalue weighted by molar-refractivity contribution is 7.14. The average Bonchev–Trinajstić information content (AvgIpc) is 3.15. The number of nitrogens with one attached hydrogen (secondary N) is 1. The van der Waals surface area contributed by atoms with E-state index >= 15 is 0 Å². The van der Waals surface area contributed by atoms with E-state index in [0.717, 1.165) is 30.5 Å². The maximum atomic E-state index is 13.7. The molecule has 1 N–H and O–H groups in total. The van der Waals surface area contributed by atoms with Gasteiger partial charge in [-0.25, -0.2) is 8.78 Å². The number of hydrogen-bond donors (Lipinski definition) is 1. The lowest BCUT2D eigenvalue weighted by Gasteiger charge is -1.99. The third kappa shape index (κ3) is 3.19. The second kappa shape index (κ2) is 5.93. The van der Waals surface area contributed by atoms with Gasteiger partial charge >= 0.3 is 0 Å². The Morgan fingerprint density at radius 2 is 2.10 bits per heavy atom. The zero-order chi connectivity index (χ0) is 13.9. The summed E-state index contributed by atoms with van der Waals surface area (Å²) in [5.74, 6) is -1.71. The second-order valence-electron chi connectivity index (χ2n) is 4.93. The van der Waals surface area contributed by atoms with Gasteiger partial charge in [0.1, 0.15) is 5.01 Å². The van der Waals surface area contributed by atoms with Crippen LogP contribution in [0.1, 0.15) is 24.3 Å². The summed E-state index contributed by atoms with van der Waals surface area (Å²) in [6.45, 7) is 0.966. The first-order chi connectivity index (χ1) is 9.74. The minimum atomic E-state index is -0.856. The number of benzene rings is 1.